The molecule has 0 bridgehead atoms. The Bertz CT molecular complexity index is 799. The van der Waals surface area contributed by atoms with Crippen LogP contribution in [0.4, 0.5) is 5.82 Å². The predicted molar refractivity (Wildman–Crippen MR) is 65.3 cm³/mol. The molecule has 0 aromatic carbocycles. The molecule has 0 spiro atoms. The van der Waals surface area contributed by atoms with Gasteiger partial charge in [0.2, 0.25) is 11.2 Å². The van der Waals surface area contributed by atoms with Crippen LogP contribution >= 0.6 is 15.9 Å². The zero-order valence-electron chi connectivity index (χ0n) is 9.20. The number of hydrogen-bond donors (Lipinski definition) is 2. The SMILES string of the molecule is Cn1c(=O)c2c(=O)c(Br)c([NH3+])[nH]c2n(C)c1=O. The first-order valence-corrected chi connectivity index (χ1v) is 5.49. The van der Waals surface area contributed by atoms with Gasteiger partial charge in [-0.25, -0.2) is 4.79 Å². The molecule has 0 amide bonds. The fourth-order valence-corrected chi connectivity index (χ4v) is 1.94. The summed E-state index contributed by atoms with van der Waals surface area (Å²) in [5.41, 5.74) is 2.21. The van der Waals surface area contributed by atoms with Crippen LogP contribution in [-0.4, -0.2) is 14.1 Å². The molecule has 0 aliphatic rings. The van der Waals surface area contributed by atoms with Gasteiger partial charge < -0.3 is 5.73 Å². The highest BCUT2D eigenvalue weighted by Gasteiger charge is 2.17. The van der Waals surface area contributed by atoms with Crippen LogP contribution in [0, 0.1) is 0 Å². The van der Waals surface area contributed by atoms with Crippen LogP contribution in [0.3, 0.4) is 0 Å². The molecule has 0 radical (unpaired) electrons. The minimum atomic E-state index is -0.620. The average Bonchev–Trinajstić information content (AvgIpc) is 2.30. The zero-order valence-corrected chi connectivity index (χ0v) is 10.8. The van der Waals surface area contributed by atoms with E-state index in [2.05, 4.69) is 26.6 Å². The number of rotatable bonds is 0. The Balaban J connectivity index is 3.31. The minimum Gasteiger partial charge on any atom is -0.309 e. The number of aromatic nitrogens is 3. The van der Waals surface area contributed by atoms with Crippen molar-refractivity contribution >= 4 is 32.8 Å². The maximum atomic E-state index is 12.0. The first-order valence-electron chi connectivity index (χ1n) is 4.69. The van der Waals surface area contributed by atoms with Crippen LogP contribution < -0.4 is 22.4 Å². The van der Waals surface area contributed by atoms with Gasteiger partial charge in [-0.15, -0.1) is 0 Å². The molecule has 0 saturated carbocycles. The molecular weight excluding hydrogens is 292 g/mol. The Labute approximate surface area is 103 Å². The molecule has 2 aromatic heterocycles. The van der Waals surface area contributed by atoms with Gasteiger partial charge in [0.25, 0.3) is 5.56 Å². The summed E-state index contributed by atoms with van der Waals surface area (Å²) >= 11 is 3.06. The highest BCUT2D eigenvalue weighted by molar-refractivity contribution is 9.10. The predicted octanol–water partition coefficient (Wildman–Crippen LogP) is -1.44. The minimum absolute atomic E-state index is 0.0612. The Morgan fingerprint density at radius 3 is 2.35 bits per heavy atom. The van der Waals surface area contributed by atoms with Crippen LogP contribution in [0.2, 0.25) is 0 Å². The molecule has 4 N–H and O–H groups in total. The number of nitrogens with zero attached hydrogens (tertiary/aromatic N) is 2. The molecule has 0 fully saturated rings. The van der Waals surface area contributed by atoms with E-state index in [0.717, 1.165) is 4.57 Å². The lowest BCUT2D eigenvalue weighted by Gasteiger charge is -2.07. The van der Waals surface area contributed by atoms with Gasteiger partial charge in [0, 0.05) is 14.1 Å². The molecule has 2 aromatic rings. The van der Waals surface area contributed by atoms with E-state index in [0.29, 0.717) is 5.82 Å². The standard InChI is InChI=1S/C9H9BrN4O3/c1-13-7-3(8(16)14(2)9(13)17)5(15)4(10)6(11)12-7/h1-2H3,(H3,11,12,15)/p+1. The summed E-state index contributed by atoms with van der Waals surface area (Å²) in [4.78, 5) is 38.3. The molecule has 0 saturated heterocycles. The lowest BCUT2D eigenvalue weighted by molar-refractivity contribution is -0.261. The summed E-state index contributed by atoms with van der Waals surface area (Å²) in [6.45, 7) is 0. The molecule has 0 aliphatic heterocycles. The molecule has 90 valence electrons. The van der Waals surface area contributed by atoms with Crippen LogP contribution in [0.1, 0.15) is 0 Å². The number of fused-ring (bicyclic) bond motifs is 1. The van der Waals surface area contributed by atoms with Gasteiger partial charge in [0.05, 0.1) is 0 Å². The average molecular weight is 302 g/mol. The quantitative estimate of drug-likeness (QED) is 0.623. The zero-order chi connectivity index (χ0) is 12.9. The van der Waals surface area contributed by atoms with Crippen LogP contribution in [0.15, 0.2) is 18.9 Å². The third kappa shape index (κ3) is 1.48. The van der Waals surface area contributed by atoms with Gasteiger partial charge in [-0.2, -0.15) is 0 Å². The highest BCUT2D eigenvalue weighted by atomic mass is 79.9. The summed E-state index contributed by atoms with van der Waals surface area (Å²) in [6.07, 6.45) is 0. The lowest BCUT2D eigenvalue weighted by atomic mass is 10.3. The molecule has 7 nitrogen and oxygen atoms in total. The second kappa shape index (κ2) is 3.67. The monoisotopic (exact) mass is 301 g/mol. The highest BCUT2D eigenvalue weighted by Crippen LogP contribution is 2.12. The van der Waals surface area contributed by atoms with Crippen LogP contribution in [-0.2, 0) is 14.1 Å². The number of pyridine rings is 1. The van der Waals surface area contributed by atoms with Gasteiger partial charge in [-0.05, 0) is 15.9 Å². The van der Waals surface area contributed by atoms with Crippen molar-refractivity contribution in [2.45, 2.75) is 0 Å². The van der Waals surface area contributed by atoms with Crippen molar-refractivity contribution in [2.24, 2.45) is 14.1 Å². The Morgan fingerprint density at radius 2 is 1.76 bits per heavy atom. The van der Waals surface area contributed by atoms with Crippen molar-refractivity contribution in [3.05, 3.63) is 35.5 Å². The van der Waals surface area contributed by atoms with E-state index in [4.69, 9.17) is 0 Å². The van der Waals surface area contributed by atoms with E-state index in [1.54, 1.807) is 0 Å². The van der Waals surface area contributed by atoms with Crippen LogP contribution in [0.5, 0.6) is 0 Å². The molecule has 2 heterocycles. The fraction of sp³-hybridized carbons (Fsp3) is 0.222. The summed E-state index contributed by atoms with van der Waals surface area (Å²) in [5.74, 6) is 0.325. The van der Waals surface area contributed by atoms with E-state index >= 15 is 0 Å². The topological polar surface area (TPSA) is 104 Å². The Morgan fingerprint density at radius 1 is 1.18 bits per heavy atom. The molecule has 17 heavy (non-hydrogen) atoms. The number of quaternary nitrogens is 1. The largest absolute Gasteiger partial charge is 0.332 e. The molecule has 0 atom stereocenters. The van der Waals surface area contributed by atoms with Crippen molar-refractivity contribution in [1.82, 2.24) is 14.1 Å². The van der Waals surface area contributed by atoms with Crippen LogP contribution in [0.25, 0.3) is 11.0 Å². The van der Waals surface area contributed by atoms with Crippen molar-refractivity contribution in [2.75, 3.05) is 0 Å². The lowest BCUT2D eigenvalue weighted by Crippen LogP contribution is -2.45. The number of halogens is 1. The van der Waals surface area contributed by atoms with E-state index in [-0.39, 0.29) is 15.5 Å². The third-order valence-corrected chi connectivity index (χ3v) is 3.46. The van der Waals surface area contributed by atoms with E-state index in [9.17, 15) is 14.4 Å². The van der Waals surface area contributed by atoms with Crippen molar-refractivity contribution < 1.29 is 5.73 Å². The summed E-state index contributed by atoms with van der Waals surface area (Å²) in [5, 5.41) is -0.0612. The third-order valence-electron chi connectivity index (χ3n) is 2.63. The van der Waals surface area contributed by atoms with Crippen molar-refractivity contribution in [3.63, 3.8) is 0 Å². The number of hydrogen-bond acceptors (Lipinski definition) is 3. The van der Waals surface area contributed by atoms with Gasteiger partial charge in [0.1, 0.15) is 15.5 Å². The van der Waals surface area contributed by atoms with Gasteiger partial charge in [0.15, 0.2) is 0 Å². The van der Waals surface area contributed by atoms with Crippen molar-refractivity contribution in [1.29, 1.82) is 0 Å². The van der Waals surface area contributed by atoms with E-state index in [1.807, 2.05) is 0 Å². The summed E-state index contributed by atoms with van der Waals surface area (Å²) in [7, 11) is 2.81. The van der Waals surface area contributed by atoms with Crippen molar-refractivity contribution in [3.8, 4) is 0 Å². The molecule has 0 aliphatic carbocycles. The number of nitrogens with one attached hydrogen (secondary N) is 1. The first kappa shape index (κ1) is 11.8. The smallest absolute Gasteiger partial charge is 0.309 e. The summed E-state index contributed by atoms with van der Waals surface area (Å²) < 4.78 is 2.30. The molecule has 2 rings (SSSR count). The maximum absolute atomic E-state index is 12.0. The number of aromatic amines is 1. The van der Waals surface area contributed by atoms with E-state index < -0.39 is 16.7 Å². The Kier molecular flexibility index (Phi) is 2.55. The van der Waals surface area contributed by atoms with Gasteiger partial charge in [-0.1, -0.05) is 0 Å². The Hall–Kier alpha value is -1.67. The number of H-pyrrole nitrogens is 1. The molecular formula is C9H10BrN4O3+. The summed E-state index contributed by atoms with van der Waals surface area (Å²) in [6, 6.07) is 0. The van der Waals surface area contributed by atoms with Gasteiger partial charge in [-0.3, -0.25) is 23.7 Å². The maximum Gasteiger partial charge on any atom is 0.332 e. The normalized spacial score (nSPS) is 11.1. The van der Waals surface area contributed by atoms with E-state index in [1.165, 1.54) is 18.7 Å². The fourth-order valence-electron chi connectivity index (χ4n) is 1.64. The number of aryl methyl sites for hydroxylation is 1. The second-order valence-electron chi connectivity index (χ2n) is 3.68. The van der Waals surface area contributed by atoms with Gasteiger partial charge >= 0.3 is 5.69 Å². The second-order valence-corrected chi connectivity index (χ2v) is 4.47. The first-order chi connectivity index (χ1) is 7.86. The molecule has 0 unspecified atom stereocenters. The molecule has 8 heteroatoms.